The predicted octanol–water partition coefficient (Wildman–Crippen LogP) is 4.92. The lowest BCUT2D eigenvalue weighted by Crippen LogP contribution is -2.42. The Labute approximate surface area is 175 Å². The highest BCUT2D eigenvalue weighted by Crippen LogP contribution is 2.48. The molecule has 2 aliphatic rings. The number of carbonyl (C=O) groups excluding carboxylic acids is 2. The summed E-state index contributed by atoms with van der Waals surface area (Å²) >= 11 is 1.56. The summed E-state index contributed by atoms with van der Waals surface area (Å²) in [6.07, 6.45) is 0.960. The molecule has 1 aromatic carbocycles. The third-order valence-electron chi connectivity index (χ3n) is 5.57. The summed E-state index contributed by atoms with van der Waals surface area (Å²) in [4.78, 5) is 27.3. The van der Waals surface area contributed by atoms with E-state index in [0.717, 1.165) is 28.1 Å². The second-order valence-corrected chi connectivity index (χ2v) is 8.92. The third kappa shape index (κ3) is 3.79. The fourth-order valence-electron chi connectivity index (χ4n) is 4.37. The van der Waals surface area contributed by atoms with Gasteiger partial charge in [0.2, 0.25) is 0 Å². The molecule has 1 aromatic heterocycles. The number of hydrogen-bond donors (Lipinski definition) is 1. The first-order valence-corrected chi connectivity index (χ1v) is 10.8. The number of esters is 1. The molecule has 5 heteroatoms. The molecule has 0 amide bonds. The number of rotatable bonds is 4. The lowest BCUT2D eigenvalue weighted by atomic mass is 9.71. The summed E-state index contributed by atoms with van der Waals surface area (Å²) in [5.41, 5.74) is 3.38. The summed E-state index contributed by atoms with van der Waals surface area (Å²) in [5.74, 6) is -1.05. The van der Waals surface area contributed by atoms with E-state index in [2.05, 4.69) is 24.0 Å². The molecular formula is C24H25NO3S. The van der Waals surface area contributed by atoms with E-state index in [1.807, 2.05) is 49.6 Å². The fraction of sp³-hybridized carbons (Fsp3) is 0.333. The summed E-state index contributed by atoms with van der Waals surface area (Å²) < 4.78 is 5.52. The Kier molecular flexibility index (Phi) is 5.41. The van der Waals surface area contributed by atoms with Gasteiger partial charge in [0.1, 0.15) is 5.92 Å². The van der Waals surface area contributed by atoms with Gasteiger partial charge in [0.15, 0.2) is 5.78 Å². The van der Waals surface area contributed by atoms with Gasteiger partial charge in [0.25, 0.3) is 0 Å². The first-order chi connectivity index (χ1) is 14.0. The second-order valence-electron chi connectivity index (χ2n) is 7.94. The zero-order chi connectivity index (χ0) is 20.5. The van der Waals surface area contributed by atoms with Crippen LogP contribution in [0.1, 0.15) is 49.0 Å². The maximum Gasteiger partial charge on any atom is 0.316 e. The van der Waals surface area contributed by atoms with Crippen LogP contribution in [-0.4, -0.2) is 17.9 Å². The molecule has 29 heavy (non-hydrogen) atoms. The Bertz CT molecular complexity index is 959. The van der Waals surface area contributed by atoms with Gasteiger partial charge in [0, 0.05) is 34.2 Å². The Balaban J connectivity index is 1.75. The molecule has 0 saturated carbocycles. The summed E-state index contributed by atoms with van der Waals surface area (Å²) in [6.45, 7) is 7.81. The average molecular weight is 408 g/mol. The van der Waals surface area contributed by atoms with E-state index in [0.29, 0.717) is 12.1 Å². The van der Waals surface area contributed by atoms with Crippen molar-refractivity contribution in [2.24, 2.45) is 5.92 Å². The molecule has 0 radical (unpaired) electrons. The normalized spacial score (nSPS) is 24.3. The van der Waals surface area contributed by atoms with Crippen molar-refractivity contribution in [3.05, 3.63) is 81.8 Å². The van der Waals surface area contributed by atoms with Crippen LogP contribution in [0, 0.1) is 5.92 Å². The number of allylic oxidation sites excluding steroid dienone is 2. The van der Waals surface area contributed by atoms with Gasteiger partial charge in [-0.25, -0.2) is 0 Å². The van der Waals surface area contributed by atoms with Crippen LogP contribution < -0.4 is 5.32 Å². The molecule has 2 aromatic rings. The zero-order valence-electron chi connectivity index (χ0n) is 16.7. The first kappa shape index (κ1) is 19.6. The molecule has 1 aliphatic heterocycles. The molecule has 0 bridgehead atoms. The summed E-state index contributed by atoms with van der Waals surface area (Å²) in [7, 11) is 0. The van der Waals surface area contributed by atoms with Crippen LogP contribution in [0.3, 0.4) is 0 Å². The monoisotopic (exact) mass is 407 g/mol. The average Bonchev–Trinajstić information content (AvgIpc) is 3.21. The zero-order valence-corrected chi connectivity index (χ0v) is 17.5. The number of Topliss-reactive ketones (excluding diaryl/α,β-unsaturated/α-hetero) is 1. The topological polar surface area (TPSA) is 55.4 Å². The Morgan fingerprint density at radius 2 is 1.93 bits per heavy atom. The molecule has 0 spiro atoms. The van der Waals surface area contributed by atoms with Crippen LogP contribution in [0.4, 0.5) is 0 Å². The molecule has 3 unspecified atom stereocenters. The van der Waals surface area contributed by atoms with Crippen LogP contribution >= 0.6 is 11.3 Å². The van der Waals surface area contributed by atoms with Gasteiger partial charge >= 0.3 is 5.97 Å². The third-order valence-corrected chi connectivity index (χ3v) is 6.52. The van der Waals surface area contributed by atoms with Crippen LogP contribution in [0.5, 0.6) is 0 Å². The molecule has 0 fully saturated rings. The number of hydrogen-bond acceptors (Lipinski definition) is 5. The minimum absolute atomic E-state index is 0.0980. The Morgan fingerprint density at radius 1 is 1.17 bits per heavy atom. The Hall–Kier alpha value is -2.66. The van der Waals surface area contributed by atoms with Crippen molar-refractivity contribution in [2.45, 2.75) is 44.6 Å². The van der Waals surface area contributed by atoms with Crippen molar-refractivity contribution in [2.75, 3.05) is 0 Å². The number of thiophene rings is 1. The van der Waals surface area contributed by atoms with Crippen LogP contribution in [0.15, 0.2) is 71.4 Å². The van der Waals surface area contributed by atoms with Crippen molar-refractivity contribution in [3.63, 3.8) is 0 Å². The lowest BCUT2D eigenvalue weighted by molar-refractivity contribution is -0.151. The molecule has 150 valence electrons. The van der Waals surface area contributed by atoms with Crippen LogP contribution in [-0.2, 0) is 14.3 Å². The lowest BCUT2D eigenvalue weighted by Gasteiger charge is -2.39. The van der Waals surface area contributed by atoms with E-state index in [1.54, 1.807) is 11.3 Å². The van der Waals surface area contributed by atoms with Gasteiger partial charge in [-0.1, -0.05) is 43.0 Å². The molecule has 3 atom stereocenters. The van der Waals surface area contributed by atoms with Gasteiger partial charge in [0.05, 0.1) is 6.10 Å². The van der Waals surface area contributed by atoms with Crippen molar-refractivity contribution in [3.8, 4) is 0 Å². The summed E-state index contributed by atoms with van der Waals surface area (Å²) in [5, 5.41) is 5.29. The van der Waals surface area contributed by atoms with Gasteiger partial charge in [-0.15, -0.1) is 11.3 Å². The molecule has 2 heterocycles. The first-order valence-electron chi connectivity index (χ1n) is 9.96. The molecule has 1 aliphatic carbocycles. The van der Waals surface area contributed by atoms with Gasteiger partial charge in [-0.05, 0) is 43.2 Å². The molecule has 4 rings (SSSR count). The number of benzene rings is 1. The maximum atomic E-state index is 13.3. The van der Waals surface area contributed by atoms with E-state index in [4.69, 9.17) is 4.74 Å². The quantitative estimate of drug-likeness (QED) is 0.731. The van der Waals surface area contributed by atoms with Crippen LogP contribution in [0.2, 0.25) is 0 Å². The highest BCUT2D eigenvalue weighted by molar-refractivity contribution is 7.10. The van der Waals surface area contributed by atoms with Gasteiger partial charge in [-0.2, -0.15) is 0 Å². The fourth-order valence-corrected chi connectivity index (χ4v) is 5.24. The van der Waals surface area contributed by atoms with E-state index in [9.17, 15) is 9.59 Å². The SMILES string of the molecule is C=C1NC2=C(C(=O)CC(c3ccccc3)C2)C(c2cccs2)C1C(=O)OC(C)C. The maximum absolute atomic E-state index is 13.3. The molecule has 4 nitrogen and oxygen atoms in total. The highest BCUT2D eigenvalue weighted by atomic mass is 32.1. The standard InChI is InChI=1S/C24H25NO3S/c1-14(2)28-24(27)21-15(3)25-18-12-17(16-8-5-4-6-9-16)13-19(26)22(18)23(21)20-10-7-11-29-20/h4-11,14,17,21,23,25H,3,12-13H2,1-2H3. The minimum atomic E-state index is -0.605. The van der Waals surface area contributed by atoms with Gasteiger partial charge < -0.3 is 10.1 Å². The van der Waals surface area contributed by atoms with E-state index in [-0.39, 0.29) is 29.7 Å². The Morgan fingerprint density at radius 3 is 2.59 bits per heavy atom. The van der Waals surface area contributed by atoms with Crippen molar-refractivity contribution in [1.29, 1.82) is 0 Å². The molecule has 0 saturated heterocycles. The van der Waals surface area contributed by atoms with Crippen molar-refractivity contribution in [1.82, 2.24) is 5.32 Å². The van der Waals surface area contributed by atoms with Crippen molar-refractivity contribution < 1.29 is 14.3 Å². The largest absolute Gasteiger partial charge is 0.462 e. The smallest absolute Gasteiger partial charge is 0.316 e. The van der Waals surface area contributed by atoms with Gasteiger partial charge in [-0.3, -0.25) is 9.59 Å². The van der Waals surface area contributed by atoms with E-state index in [1.165, 1.54) is 0 Å². The molecule has 1 N–H and O–H groups in total. The predicted molar refractivity (Wildman–Crippen MR) is 115 cm³/mol. The number of nitrogens with one attached hydrogen (secondary N) is 1. The number of ether oxygens (including phenoxy) is 1. The number of ketones is 1. The highest BCUT2D eigenvalue weighted by Gasteiger charge is 2.46. The van der Waals surface area contributed by atoms with Crippen LogP contribution in [0.25, 0.3) is 0 Å². The number of carbonyl (C=O) groups is 2. The van der Waals surface area contributed by atoms with Crippen molar-refractivity contribution >= 4 is 23.1 Å². The molecular weight excluding hydrogens is 382 g/mol. The second kappa shape index (κ2) is 7.99. The van der Waals surface area contributed by atoms with E-state index < -0.39 is 5.92 Å². The van der Waals surface area contributed by atoms with E-state index >= 15 is 0 Å². The summed E-state index contributed by atoms with van der Waals surface area (Å²) in [6, 6.07) is 14.1. The minimum Gasteiger partial charge on any atom is -0.462 e.